The monoisotopic (exact) mass is 739 g/mol. The minimum absolute atomic E-state index is 0. The van der Waals surface area contributed by atoms with Crippen LogP contribution in [0.25, 0.3) is 0 Å². The van der Waals surface area contributed by atoms with Crippen LogP contribution in [-0.4, -0.2) is 87.0 Å². The van der Waals surface area contributed by atoms with Crippen molar-refractivity contribution in [1.29, 1.82) is 0 Å². The number of hydrogen-bond acceptors (Lipinski definition) is 9. The van der Waals surface area contributed by atoms with Gasteiger partial charge in [0.2, 0.25) is 0 Å². The van der Waals surface area contributed by atoms with Crippen molar-refractivity contribution in [3.8, 4) is 0 Å². The maximum Gasteiger partial charge on any atom is 0.321 e. The normalized spacial score (nSPS) is 26.1. The average Bonchev–Trinajstić information content (AvgIpc) is 2.71. The lowest BCUT2D eigenvalue weighted by atomic mass is 9.99. The van der Waals surface area contributed by atoms with Gasteiger partial charge in [-0.2, -0.15) is 36.2 Å². The number of halogens is 2. The Hall–Kier alpha value is 0.800. The van der Waals surface area contributed by atoms with Crippen LogP contribution in [0.1, 0.15) is 33.1 Å². The Kier molecular flexibility index (Phi) is 20.8. The number of thioether (sulfide) groups is 2. The zero-order valence-corrected chi connectivity index (χ0v) is 23.7. The van der Waals surface area contributed by atoms with Crippen molar-refractivity contribution >= 4 is 99.2 Å². The third kappa shape index (κ3) is 14.9. The summed E-state index contributed by atoms with van der Waals surface area (Å²) in [5, 5.41) is 26.1. The summed E-state index contributed by atoms with van der Waals surface area (Å²) in [5.74, 6) is -2.01. The van der Waals surface area contributed by atoms with Gasteiger partial charge in [-0.25, -0.2) is 0 Å². The molecule has 2 rings (SSSR count). The van der Waals surface area contributed by atoms with E-state index in [0.29, 0.717) is 22.0 Å². The van der Waals surface area contributed by atoms with E-state index in [0.717, 1.165) is 20.7 Å². The van der Waals surface area contributed by atoms with Gasteiger partial charge in [-0.15, -0.1) is 0 Å². The van der Waals surface area contributed by atoms with Crippen molar-refractivity contribution < 1.29 is 29.7 Å². The minimum Gasteiger partial charge on any atom is -0.480 e. The fourth-order valence-corrected chi connectivity index (χ4v) is 6.48. The van der Waals surface area contributed by atoms with Crippen LogP contribution in [0, 0.1) is 0 Å². The molecule has 0 saturated heterocycles. The van der Waals surface area contributed by atoms with Gasteiger partial charge in [-0.1, -0.05) is 52.6 Å². The number of alkyl halides is 2. The van der Waals surface area contributed by atoms with Gasteiger partial charge in [0.1, 0.15) is 18.1 Å². The smallest absolute Gasteiger partial charge is 0.321 e. The van der Waals surface area contributed by atoms with E-state index in [2.05, 4.69) is 57.8 Å². The van der Waals surface area contributed by atoms with Crippen LogP contribution in [0.4, 0.5) is 0 Å². The predicted molar refractivity (Wildman–Crippen MR) is 154 cm³/mol. The first-order valence-corrected chi connectivity index (χ1v) is 14.7. The molecule has 7 unspecified atom stereocenters. The summed E-state index contributed by atoms with van der Waals surface area (Å²) in [7, 11) is 0. The fourth-order valence-electron chi connectivity index (χ4n) is 1.91. The average molecular weight is 740 g/mol. The summed E-state index contributed by atoms with van der Waals surface area (Å²) in [6.45, 7) is 0. The van der Waals surface area contributed by atoms with Crippen molar-refractivity contribution in [2.45, 2.75) is 69.6 Å². The number of rotatable bonds is 10. The van der Waals surface area contributed by atoms with Crippen molar-refractivity contribution in [3.05, 3.63) is 0 Å². The number of aliphatic carboxylic acids is 3. The Morgan fingerprint density at radius 3 is 1.22 bits per heavy atom. The van der Waals surface area contributed by atoms with E-state index in [-0.39, 0.29) is 13.2 Å². The number of carboxylic acid groups (broad SMARTS) is 3. The molecule has 2 saturated carbocycles. The molecule has 2 fully saturated rings. The lowest BCUT2D eigenvalue weighted by Gasteiger charge is -2.36. The molecule has 190 valence electrons. The van der Waals surface area contributed by atoms with Crippen LogP contribution in [0.2, 0.25) is 0 Å². The molecule has 9 N–H and O–H groups in total. The highest BCUT2D eigenvalue weighted by Crippen LogP contribution is 2.40. The predicted octanol–water partition coefficient (Wildman–Crippen LogP) is 2.16. The standard InChI is InChI=1S/C10H18N2O4S2.C4H6I2.C3H7NO2S.CH4/c11-5(9(13)14)3-17-7-1-2-8(7)18-4-6(12)10(15)16;5-3-1-2-4(3)6;4-2(1-7)3(5)6;/h5-8H,1-4,11-12H2,(H,13,14)(H,15,16);3-4H,1-2H2;2,7H,1,4H2,(H,5,6);1H4. The third-order valence-electron chi connectivity index (χ3n) is 4.39. The van der Waals surface area contributed by atoms with Gasteiger partial charge >= 0.3 is 17.9 Å². The molecule has 14 heteroatoms. The van der Waals surface area contributed by atoms with Gasteiger partial charge in [0.15, 0.2) is 0 Å². The van der Waals surface area contributed by atoms with Crippen LogP contribution >= 0.6 is 81.3 Å². The number of thiol groups is 1. The summed E-state index contributed by atoms with van der Waals surface area (Å²) in [6, 6.07) is -2.48. The first kappa shape index (κ1) is 35.0. The molecule has 2 aliphatic rings. The lowest BCUT2D eigenvalue weighted by molar-refractivity contribution is -0.138. The molecule has 0 bridgehead atoms. The van der Waals surface area contributed by atoms with Crippen LogP contribution in [0.5, 0.6) is 0 Å². The van der Waals surface area contributed by atoms with Crippen LogP contribution in [0.15, 0.2) is 0 Å². The second kappa shape index (κ2) is 19.0. The van der Waals surface area contributed by atoms with E-state index in [1.54, 1.807) is 23.5 Å². The number of nitrogens with two attached hydrogens (primary N) is 3. The highest BCUT2D eigenvalue weighted by Gasteiger charge is 2.33. The zero-order chi connectivity index (χ0) is 24.1. The molecule has 0 amide bonds. The molecule has 0 aromatic heterocycles. The lowest BCUT2D eigenvalue weighted by Crippen LogP contribution is -2.39. The molecule has 9 nitrogen and oxygen atoms in total. The fraction of sp³-hybridized carbons (Fsp3) is 0.833. The highest BCUT2D eigenvalue weighted by atomic mass is 127. The Labute approximate surface area is 231 Å². The maximum atomic E-state index is 10.6. The summed E-state index contributed by atoms with van der Waals surface area (Å²) in [4.78, 5) is 30.9. The van der Waals surface area contributed by atoms with Gasteiger partial charge < -0.3 is 32.5 Å². The van der Waals surface area contributed by atoms with Crippen LogP contribution in [-0.2, 0) is 14.4 Å². The Morgan fingerprint density at radius 2 is 1.09 bits per heavy atom. The van der Waals surface area contributed by atoms with Gasteiger partial charge in [0.05, 0.1) is 0 Å². The topological polar surface area (TPSA) is 190 Å². The van der Waals surface area contributed by atoms with E-state index < -0.39 is 36.0 Å². The second-order valence-electron chi connectivity index (χ2n) is 6.95. The number of carboxylic acids is 3. The molecular formula is C18H35I2N3O6S3. The first-order valence-electron chi connectivity index (χ1n) is 9.48. The summed E-state index contributed by atoms with van der Waals surface area (Å²) >= 11 is 11.8. The van der Waals surface area contributed by atoms with Crippen molar-refractivity contribution in [2.75, 3.05) is 17.3 Å². The van der Waals surface area contributed by atoms with E-state index in [9.17, 15) is 14.4 Å². The highest BCUT2D eigenvalue weighted by molar-refractivity contribution is 14.1. The van der Waals surface area contributed by atoms with Crippen LogP contribution < -0.4 is 17.2 Å². The van der Waals surface area contributed by atoms with E-state index in [4.69, 9.17) is 32.5 Å². The molecule has 0 radical (unpaired) electrons. The molecule has 0 aliphatic heterocycles. The maximum absolute atomic E-state index is 10.6. The van der Waals surface area contributed by atoms with E-state index in [1.165, 1.54) is 12.8 Å². The van der Waals surface area contributed by atoms with Crippen molar-refractivity contribution in [2.24, 2.45) is 17.2 Å². The van der Waals surface area contributed by atoms with E-state index >= 15 is 0 Å². The van der Waals surface area contributed by atoms with E-state index in [1.807, 2.05) is 0 Å². The molecule has 32 heavy (non-hydrogen) atoms. The molecule has 0 aromatic carbocycles. The molecule has 7 atom stereocenters. The molecule has 2 aliphatic carbocycles. The van der Waals surface area contributed by atoms with Gasteiger partial charge in [-0.3, -0.25) is 14.4 Å². The van der Waals surface area contributed by atoms with Gasteiger partial charge in [0, 0.05) is 35.6 Å². The zero-order valence-electron chi connectivity index (χ0n) is 16.8. The number of hydrogen-bond donors (Lipinski definition) is 7. The molecular weight excluding hydrogens is 704 g/mol. The van der Waals surface area contributed by atoms with Gasteiger partial charge in [-0.05, 0) is 25.7 Å². The third-order valence-corrected chi connectivity index (χ3v) is 12.4. The summed E-state index contributed by atoms with van der Waals surface area (Å²) in [6.07, 6.45) is 4.95. The SMILES string of the molecule is C.IC1CCC1I.NC(CS)C(=O)O.NC(CSC1CCC1SCC(N)C(=O)O)C(=O)O. The Balaban J connectivity index is 0. The Morgan fingerprint density at radius 1 is 0.781 bits per heavy atom. The van der Waals surface area contributed by atoms with Crippen molar-refractivity contribution in [1.82, 2.24) is 0 Å². The summed E-state index contributed by atoms with van der Waals surface area (Å²) in [5.41, 5.74) is 15.8. The first-order chi connectivity index (χ1) is 14.4. The summed E-state index contributed by atoms with van der Waals surface area (Å²) < 4.78 is 1.98. The minimum atomic E-state index is -1.00. The molecule has 0 spiro atoms. The quantitative estimate of drug-likeness (QED) is 0.0989. The van der Waals surface area contributed by atoms with Crippen LogP contribution in [0.3, 0.4) is 0 Å². The molecule has 0 aromatic rings. The van der Waals surface area contributed by atoms with Gasteiger partial charge in [0.25, 0.3) is 0 Å². The Bertz CT molecular complexity index is 544. The number of carbonyl (C=O) groups is 3. The largest absolute Gasteiger partial charge is 0.480 e. The second-order valence-corrected chi connectivity index (χ2v) is 13.1. The van der Waals surface area contributed by atoms with Crippen molar-refractivity contribution in [3.63, 3.8) is 0 Å². The molecule has 0 heterocycles.